The number of nitrogens with two attached hydrogens (primary N) is 1. The third kappa shape index (κ3) is 3.95. The number of thioether (sulfide) groups is 1. The van der Waals surface area contributed by atoms with E-state index in [2.05, 4.69) is 26.1 Å². The Morgan fingerprint density at radius 1 is 1.39 bits per heavy atom. The quantitative estimate of drug-likeness (QED) is 0.636. The summed E-state index contributed by atoms with van der Waals surface area (Å²) in [6, 6.07) is 5.46. The third-order valence-electron chi connectivity index (χ3n) is 2.84. The van der Waals surface area contributed by atoms with Crippen LogP contribution in [0.15, 0.2) is 23.1 Å². The molecule has 1 aromatic rings. The van der Waals surface area contributed by atoms with Crippen molar-refractivity contribution in [2.24, 2.45) is 5.92 Å². The van der Waals surface area contributed by atoms with Crippen molar-refractivity contribution >= 4 is 23.4 Å². The summed E-state index contributed by atoms with van der Waals surface area (Å²) < 4.78 is 0. The first-order valence-corrected chi connectivity index (χ1v) is 7.18. The monoisotopic (exact) mass is 266 g/mol. The molecule has 4 heteroatoms. The van der Waals surface area contributed by atoms with Gasteiger partial charge in [-0.1, -0.05) is 20.8 Å². The van der Waals surface area contributed by atoms with Crippen molar-refractivity contribution in [2.45, 2.75) is 37.8 Å². The van der Waals surface area contributed by atoms with E-state index in [0.717, 1.165) is 4.90 Å². The van der Waals surface area contributed by atoms with Gasteiger partial charge in [0.05, 0.1) is 5.56 Å². The molecule has 3 N–H and O–H groups in total. The number of carbonyl (C=O) groups is 1. The molecule has 0 aliphatic heterocycles. The minimum absolute atomic E-state index is 0.0315. The molecule has 0 saturated carbocycles. The normalized spacial score (nSPS) is 12.5. The molecule has 1 amide bonds. The molecule has 0 aromatic heterocycles. The Morgan fingerprint density at radius 2 is 2.06 bits per heavy atom. The second kappa shape index (κ2) is 6.69. The first kappa shape index (κ1) is 14.9. The van der Waals surface area contributed by atoms with E-state index in [1.54, 1.807) is 23.9 Å². The Labute approximate surface area is 114 Å². The Bertz CT molecular complexity index is 418. The number of rotatable bonds is 5. The summed E-state index contributed by atoms with van der Waals surface area (Å²) in [5.41, 5.74) is 7.22. The van der Waals surface area contributed by atoms with Crippen LogP contribution in [0.2, 0.25) is 0 Å². The summed E-state index contributed by atoms with van der Waals surface area (Å²) >= 11 is 1.71. The van der Waals surface area contributed by atoms with E-state index in [1.165, 1.54) is 0 Å². The van der Waals surface area contributed by atoms with Crippen molar-refractivity contribution < 1.29 is 4.79 Å². The fraction of sp³-hybridized carbons (Fsp3) is 0.500. The molecule has 0 fully saturated rings. The smallest absolute Gasteiger partial charge is 0.252 e. The van der Waals surface area contributed by atoms with Crippen LogP contribution in [0.1, 0.15) is 38.1 Å². The molecule has 1 atom stereocenters. The van der Waals surface area contributed by atoms with Crippen molar-refractivity contribution in [2.75, 3.05) is 12.3 Å². The summed E-state index contributed by atoms with van der Waals surface area (Å²) in [7, 11) is 0. The Hall–Kier alpha value is -1.16. The van der Waals surface area contributed by atoms with E-state index in [9.17, 15) is 4.79 Å². The maximum absolute atomic E-state index is 12.0. The van der Waals surface area contributed by atoms with Crippen LogP contribution in [-0.4, -0.2) is 17.7 Å². The standard InChI is InChI=1S/C14H22N2OS/c1-5-16-14(17)12-7-6-11(15)8-13(12)18-10(4)9(2)3/h6-10H,5,15H2,1-4H3,(H,16,17). The summed E-state index contributed by atoms with van der Waals surface area (Å²) in [6.07, 6.45) is 0. The second-order valence-electron chi connectivity index (χ2n) is 4.68. The molecule has 0 aliphatic carbocycles. The number of nitrogens with one attached hydrogen (secondary N) is 1. The number of amides is 1. The number of hydrogen-bond acceptors (Lipinski definition) is 3. The Kier molecular flexibility index (Phi) is 5.54. The highest BCUT2D eigenvalue weighted by Crippen LogP contribution is 2.31. The minimum Gasteiger partial charge on any atom is -0.399 e. The van der Waals surface area contributed by atoms with Crippen molar-refractivity contribution in [1.82, 2.24) is 5.32 Å². The molecule has 18 heavy (non-hydrogen) atoms. The third-order valence-corrected chi connectivity index (χ3v) is 4.35. The molecule has 0 bridgehead atoms. The van der Waals surface area contributed by atoms with E-state index < -0.39 is 0 Å². The van der Waals surface area contributed by atoms with Crippen LogP contribution in [-0.2, 0) is 0 Å². The molecular weight excluding hydrogens is 244 g/mol. The van der Waals surface area contributed by atoms with Gasteiger partial charge in [-0.05, 0) is 31.0 Å². The van der Waals surface area contributed by atoms with Crippen LogP contribution in [0.5, 0.6) is 0 Å². The predicted octanol–water partition coefficient (Wildman–Crippen LogP) is 3.16. The Balaban J connectivity index is 3.00. The molecule has 3 nitrogen and oxygen atoms in total. The highest BCUT2D eigenvalue weighted by Gasteiger charge is 2.15. The van der Waals surface area contributed by atoms with Crippen LogP contribution >= 0.6 is 11.8 Å². The van der Waals surface area contributed by atoms with Crippen LogP contribution in [0.25, 0.3) is 0 Å². The fourth-order valence-electron chi connectivity index (χ4n) is 1.42. The second-order valence-corrected chi connectivity index (χ2v) is 6.10. The lowest BCUT2D eigenvalue weighted by molar-refractivity contribution is 0.0953. The summed E-state index contributed by atoms with van der Waals surface area (Å²) in [5, 5.41) is 3.28. The van der Waals surface area contributed by atoms with Gasteiger partial charge in [0.1, 0.15) is 0 Å². The van der Waals surface area contributed by atoms with Crippen LogP contribution in [0.4, 0.5) is 5.69 Å². The number of hydrogen-bond donors (Lipinski definition) is 2. The van der Waals surface area contributed by atoms with E-state index in [0.29, 0.717) is 29.0 Å². The van der Waals surface area contributed by atoms with Crippen molar-refractivity contribution in [3.05, 3.63) is 23.8 Å². The van der Waals surface area contributed by atoms with Gasteiger partial charge in [-0.3, -0.25) is 4.79 Å². The van der Waals surface area contributed by atoms with Crippen molar-refractivity contribution in [3.8, 4) is 0 Å². The van der Waals surface area contributed by atoms with Crippen molar-refractivity contribution in [1.29, 1.82) is 0 Å². The molecule has 0 heterocycles. The summed E-state index contributed by atoms with van der Waals surface area (Å²) in [6.45, 7) is 9.07. The van der Waals surface area contributed by atoms with E-state index in [-0.39, 0.29) is 5.91 Å². The lowest BCUT2D eigenvalue weighted by Crippen LogP contribution is -2.23. The molecule has 100 valence electrons. The summed E-state index contributed by atoms with van der Waals surface area (Å²) in [4.78, 5) is 12.9. The van der Waals surface area contributed by atoms with E-state index in [4.69, 9.17) is 5.73 Å². The average molecular weight is 266 g/mol. The van der Waals surface area contributed by atoms with Crippen LogP contribution in [0, 0.1) is 5.92 Å². The molecule has 0 spiro atoms. The van der Waals surface area contributed by atoms with Gasteiger partial charge in [0.25, 0.3) is 5.91 Å². The van der Waals surface area contributed by atoms with Gasteiger partial charge >= 0.3 is 0 Å². The first-order chi connectivity index (χ1) is 8.45. The number of benzene rings is 1. The number of nitrogen functional groups attached to an aromatic ring is 1. The van der Waals surface area contributed by atoms with Crippen LogP contribution in [0.3, 0.4) is 0 Å². The van der Waals surface area contributed by atoms with Gasteiger partial charge < -0.3 is 11.1 Å². The van der Waals surface area contributed by atoms with Gasteiger partial charge in [0, 0.05) is 22.4 Å². The number of carbonyl (C=O) groups excluding carboxylic acids is 1. The lowest BCUT2D eigenvalue weighted by Gasteiger charge is -2.17. The van der Waals surface area contributed by atoms with Gasteiger partial charge in [0.2, 0.25) is 0 Å². The molecule has 0 radical (unpaired) electrons. The van der Waals surface area contributed by atoms with Crippen molar-refractivity contribution in [3.63, 3.8) is 0 Å². The predicted molar refractivity (Wildman–Crippen MR) is 79.0 cm³/mol. The first-order valence-electron chi connectivity index (χ1n) is 6.30. The lowest BCUT2D eigenvalue weighted by atomic mass is 10.1. The highest BCUT2D eigenvalue weighted by atomic mass is 32.2. The zero-order valence-electron chi connectivity index (χ0n) is 11.5. The highest BCUT2D eigenvalue weighted by molar-refractivity contribution is 8.00. The maximum Gasteiger partial charge on any atom is 0.252 e. The average Bonchev–Trinajstić information content (AvgIpc) is 2.29. The summed E-state index contributed by atoms with van der Waals surface area (Å²) in [5.74, 6) is 0.523. The molecule has 0 aliphatic rings. The zero-order valence-corrected chi connectivity index (χ0v) is 12.3. The Morgan fingerprint density at radius 3 is 2.61 bits per heavy atom. The maximum atomic E-state index is 12.0. The van der Waals surface area contributed by atoms with E-state index in [1.807, 2.05) is 13.0 Å². The van der Waals surface area contributed by atoms with E-state index >= 15 is 0 Å². The van der Waals surface area contributed by atoms with Gasteiger partial charge in [-0.2, -0.15) is 0 Å². The molecule has 1 unspecified atom stereocenters. The number of anilines is 1. The van der Waals surface area contributed by atoms with Gasteiger partial charge in [-0.15, -0.1) is 11.8 Å². The zero-order chi connectivity index (χ0) is 13.7. The van der Waals surface area contributed by atoms with Gasteiger partial charge in [-0.25, -0.2) is 0 Å². The SMILES string of the molecule is CCNC(=O)c1ccc(N)cc1SC(C)C(C)C. The molecule has 0 saturated heterocycles. The van der Waals surface area contributed by atoms with Crippen LogP contribution < -0.4 is 11.1 Å². The molecule has 1 rings (SSSR count). The largest absolute Gasteiger partial charge is 0.399 e. The topological polar surface area (TPSA) is 55.1 Å². The minimum atomic E-state index is -0.0315. The fourth-order valence-corrected chi connectivity index (χ4v) is 2.58. The molecular formula is C14H22N2OS. The van der Waals surface area contributed by atoms with Gasteiger partial charge in [0.15, 0.2) is 0 Å². The molecule has 1 aromatic carbocycles.